The predicted octanol–water partition coefficient (Wildman–Crippen LogP) is 4.56. The van der Waals surface area contributed by atoms with Gasteiger partial charge in [0.1, 0.15) is 24.7 Å². The molecule has 0 amide bonds. The fraction of sp³-hybridized carbons (Fsp3) is 0.174. The highest BCUT2D eigenvalue weighted by atomic mass is 16.5. The van der Waals surface area contributed by atoms with Crippen molar-refractivity contribution in [1.29, 1.82) is 0 Å². The summed E-state index contributed by atoms with van der Waals surface area (Å²) in [7, 11) is 0. The zero-order valence-corrected chi connectivity index (χ0v) is 15.0. The molecule has 1 unspecified atom stereocenters. The highest BCUT2D eigenvalue weighted by Crippen LogP contribution is 2.23. The molecule has 0 heterocycles. The molecule has 3 rings (SSSR count). The molecule has 27 heavy (non-hydrogen) atoms. The molecule has 0 aliphatic heterocycles. The maximum Gasteiger partial charge on any atom is 0.311 e. The number of rotatable bonds is 9. The molecule has 0 saturated heterocycles. The lowest BCUT2D eigenvalue weighted by molar-refractivity contribution is -0.138. The van der Waals surface area contributed by atoms with Crippen LogP contribution in [0.4, 0.5) is 0 Å². The fourth-order valence-corrected chi connectivity index (χ4v) is 2.83. The fourth-order valence-electron chi connectivity index (χ4n) is 2.83. The summed E-state index contributed by atoms with van der Waals surface area (Å²) >= 11 is 0. The number of carboxylic acids is 1. The normalized spacial score (nSPS) is 11.6. The van der Waals surface area contributed by atoms with Crippen LogP contribution < -0.4 is 9.47 Å². The minimum Gasteiger partial charge on any atom is -0.490 e. The molecule has 0 bridgehead atoms. The molecule has 4 heteroatoms. The summed E-state index contributed by atoms with van der Waals surface area (Å²) in [6, 6.07) is 26.4. The third-order valence-corrected chi connectivity index (χ3v) is 4.23. The van der Waals surface area contributed by atoms with Crippen molar-refractivity contribution in [3.63, 3.8) is 0 Å². The molecule has 0 saturated carbocycles. The molecule has 0 radical (unpaired) electrons. The van der Waals surface area contributed by atoms with Crippen LogP contribution in [0, 0.1) is 0 Å². The molecule has 3 aromatic rings. The van der Waals surface area contributed by atoms with Gasteiger partial charge >= 0.3 is 5.97 Å². The molecule has 4 nitrogen and oxygen atoms in total. The van der Waals surface area contributed by atoms with Gasteiger partial charge in [-0.25, -0.2) is 0 Å². The van der Waals surface area contributed by atoms with E-state index in [4.69, 9.17) is 9.47 Å². The van der Waals surface area contributed by atoms with Crippen molar-refractivity contribution in [1.82, 2.24) is 0 Å². The Morgan fingerprint density at radius 3 is 1.81 bits per heavy atom. The summed E-state index contributed by atoms with van der Waals surface area (Å²) in [6.45, 7) is 0.900. The van der Waals surface area contributed by atoms with Crippen molar-refractivity contribution in [2.24, 2.45) is 0 Å². The Balaban J connectivity index is 1.51. The molecule has 0 aliphatic rings. The van der Waals surface area contributed by atoms with E-state index in [2.05, 4.69) is 0 Å². The molecule has 3 aromatic carbocycles. The molecule has 0 fully saturated rings. The topological polar surface area (TPSA) is 55.8 Å². The number of hydrogen-bond donors (Lipinski definition) is 1. The standard InChI is InChI=1S/C23H22O4/c24-23(25)22(19-7-3-1-4-8-19)17-18-11-13-21(14-12-18)27-16-15-26-20-9-5-2-6-10-20/h1-14,22H,15-17H2,(H,24,25). The predicted molar refractivity (Wildman–Crippen MR) is 104 cm³/mol. The van der Waals surface area contributed by atoms with Crippen molar-refractivity contribution < 1.29 is 19.4 Å². The SMILES string of the molecule is O=C(O)C(Cc1ccc(OCCOc2ccccc2)cc1)c1ccccc1. The Bertz CT molecular complexity index is 829. The first-order valence-electron chi connectivity index (χ1n) is 8.90. The Kier molecular flexibility index (Phi) is 6.47. The summed E-state index contributed by atoms with van der Waals surface area (Å²) in [6.07, 6.45) is 0.441. The zero-order valence-electron chi connectivity index (χ0n) is 15.0. The number of hydrogen-bond acceptors (Lipinski definition) is 3. The first kappa shape index (κ1) is 18.5. The Hall–Kier alpha value is -3.27. The van der Waals surface area contributed by atoms with Crippen LogP contribution in [0.3, 0.4) is 0 Å². The van der Waals surface area contributed by atoms with Crippen LogP contribution in [0.25, 0.3) is 0 Å². The molecular formula is C23H22O4. The van der Waals surface area contributed by atoms with Gasteiger partial charge in [0.15, 0.2) is 0 Å². The van der Waals surface area contributed by atoms with Crippen LogP contribution in [0.5, 0.6) is 11.5 Å². The summed E-state index contributed by atoms with van der Waals surface area (Å²) in [4.78, 5) is 11.6. The van der Waals surface area contributed by atoms with Crippen molar-refractivity contribution in [2.75, 3.05) is 13.2 Å². The lowest BCUT2D eigenvalue weighted by atomic mass is 9.92. The molecule has 1 atom stereocenters. The summed E-state index contributed by atoms with van der Waals surface area (Å²) in [5, 5.41) is 9.54. The number of aliphatic carboxylic acids is 1. The third-order valence-electron chi connectivity index (χ3n) is 4.23. The van der Waals surface area contributed by atoms with E-state index in [0.717, 1.165) is 22.6 Å². The van der Waals surface area contributed by atoms with E-state index < -0.39 is 11.9 Å². The van der Waals surface area contributed by atoms with Gasteiger partial charge in [0, 0.05) is 0 Å². The summed E-state index contributed by atoms with van der Waals surface area (Å²) < 4.78 is 11.3. The van der Waals surface area contributed by atoms with Gasteiger partial charge in [0.25, 0.3) is 0 Å². The van der Waals surface area contributed by atoms with Gasteiger partial charge in [-0.05, 0) is 41.8 Å². The van der Waals surface area contributed by atoms with Crippen LogP contribution >= 0.6 is 0 Å². The Labute approximate surface area is 159 Å². The molecule has 138 valence electrons. The van der Waals surface area contributed by atoms with Crippen molar-refractivity contribution in [3.05, 3.63) is 96.1 Å². The molecule has 0 aromatic heterocycles. The van der Waals surface area contributed by atoms with Crippen LogP contribution in [-0.4, -0.2) is 24.3 Å². The summed E-state index contributed by atoms with van der Waals surface area (Å²) in [5.41, 5.74) is 1.77. The minimum atomic E-state index is -0.820. The van der Waals surface area contributed by atoms with Crippen molar-refractivity contribution in [3.8, 4) is 11.5 Å². The van der Waals surface area contributed by atoms with Gasteiger partial charge in [0.05, 0.1) is 5.92 Å². The Morgan fingerprint density at radius 1 is 0.741 bits per heavy atom. The van der Waals surface area contributed by atoms with Crippen LogP contribution in [0.2, 0.25) is 0 Å². The number of carboxylic acid groups (broad SMARTS) is 1. The lowest BCUT2D eigenvalue weighted by Gasteiger charge is -2.13. The highest BCUT2D eigenvalue weighted by molar-refractivity contribution is 5.76. The highest BCUT2D eigenvalue weighted by Gasteiger charge is 2.19. The molecule has 0 spiro atoms. The van der Waals surface area contributed by atoms with E-state index in [-0.39, 0.29) is 0 Å². The average molecular weight is 362 g/mol. The third kappa shape index (κ3) is 5.61. The average Bonchev–Trinajstić information content (AvgIpc) is 2.71. The number of ether oxygens (including phenoxy) is 2. The molecule has 1 N–H and O–H groups in total. The second-order valence-corrected chi connectivity index (χ2v) is 6.16. The number of benzene rings is 3. The maximum atomic E-state index is 11.6. The van der Waals surface area contributed by atoms with Crippen molar-refractivity contribution in [2.45, 2.75) is 12.3 Å². The summed E-state index contributed by atoms with van der Waals surface area (Å²) in [5.74, 6) is 0.177. The number of carbonyl (C=O) groups is 1. The second-order valence-electron chi connectivity index (χ2n) is 6.16. The van der Waals surface area contributed by atoms with E-state index in [9.17, 15) is 9.90 Å². The second kappa shape index (κ2) is 9.43. The zero-order chi connectivity index (χ0) is 18.9. The Morgan fingerprint density at radius 2 is 1.26 bits per heavy atom. The lowest BCUT2D eigenvalue weighted by Crippen LogP contribution is -2.14. The van der Waals surface area contributed by atoms with E-state index in [1.165, 1.54) is 0 Å². The monoisotopic (exact) mass is 362 g/mol. The van der Waals surface area contributed by atoms with Gasteiger partial charge in [-0.2, -0.15) is 0 Å². The maximum absolute atomic E-state index is 11.6. The smallest absolute Gasteiger partial charge is 0.311 e. The largest absolute Gasteiger partial charge is 0.490 e. The first-order chi connectivity index (χ1) is 13.2. The first-order valence-corrected chi connectivity index (χ1v) is 8.90. The minimum absolute atomic E-state index is 0.440. The molecular weight excluding hydrogens is 340 g/mol. The van der Waals surface area contributed by atoms with Gasteiger partial charge < -0.3 is 14.6 Å². The quantitative estimate of drug-likeness (QED) is 0.567. The van der Waals surface area contributed by atoms with E-state index in [1.54, 1.807) is 0 Å². The van der Waals surface area contributed by atoms with E-state index >= 15 is 0 Å². The van der Waals surface area contributed by atoms with Gasteiger partial charge in [-0.3, -0.25) is 4.79 Å². The van der Waals surface area contributed by atoms with Gasteiger partial charge in [-0.15, -0.1) is 0 Å². The van der Waals surface area contributed by atoms with Crippen molar-refractivity contribution >= 4 is 5.97 Å². The van der Waals surface area contributed by atoms with Crippen LogP contribution in [-0.2, 0) is 11.2 Å². The van der Waals surface area contributed by atoms with Crippen LogP contribution in [0.1, 0.15) is 17.0 Å². The van der Waals surface area contributed by atoms with Crippen LogP contribution in [0.15, 0.2) is 84.9 Å². The van der Waals surface area contributed by atoms with Gasteiger partial charge in [-0.1, -0.05) is 60.7 Å². The number of para-hydroxylation sites is 1. The van der Waals surface area contributed by atoms with E-state index in [0.29, 0.717) is 19.6 Å². The molecule has 0 aliphatic carbocycles. The van der Waals surface area contributed by atoms with Gasteiger partial charge in [0.2, 0.25) is 0 Å². The van der Waals surface area contributed by atoms with E-state index in [1.807, 2.05) is 84.9 Å².